The number of amides is 3. The van der Waals surface area contributed by atoms with E-state index in [4.69, 9.17) is 16.2 Å². The van der Waals surface area contributed by atoms with Gasteiger partial charge < -0.3 is 32.2 Å². The van der Waals surface area contributed by atoms with Crippen molar-refractivity contribution >= 4 is 35.8 Å². The molecular weight excluding hydrogens is 646 g/mol. The number of halogens is 1. The van der Waals surface area contributed by atoms with Crippen LogP contribution in [-0.4, -0.2) is 71.1 Å². The molecule has 1 aromatic heterocycles. The highest BCUT2D eigenvalue weighted by Crippen LogP contribution is 2.34. The maximum absolute atomic E-state index is 13.8. The van der Waals surface area contributed by atoms with Crippen molar-refractivity contribution in [2.75, 3.05) is 32.1 Å². The number of rotatable bonds is 13. The number of nitrogens with two attached hydrogens (primary N) is 2. The predicted octanol–water partition coefficient (Wildman–Crippen LogP) is 3.39. The minimum Gasteiger partial charge on any atom is -0.496 e. The predicted molar refractivity (Wildman–Crippen MR) is 190 cm³/mol. The molecule has 0 unspecified atom stereocenters. The maximum atomic E-state index is 13.8. The number of hydrogen-bond acceptors (Lipinski definition) is 9. The monoisotopic (exact) mass is 689 g/mol. The van der Waals surface area contributed by atoms with Crippen LogP contribution in [0.4, 0.5) is 5.69 Å². The van der Waals surface area contributed by atoms with Crippen molar-refractivity contribution in [3.8, 4) is 28.3 Å². The third kappa shape index (κ3) is 9.40. The number of hydrogen-bond donors (Lipinski definition) is 6. The highest BCUT2D eigenvalue weighted by molar-refractivity contribution is 5.98. The van der Waals surface area contributed by atoms with E-state index in [1.54, 1.807) is 37.4 Å². The van der Waals surface area contributed by atoms with E-state index in [0.29, 0.717) is 48.4 Å². The van der Waals surface area contributed by atoms with Crippen LogP contribution in [0, 0.1) is 18.8 Å². The lowest BCUT2D eigenvalue weighted by molar-refractivity contribution is -0.130. The molecule has 260 valence electrons. The second kappa shape index (κ2) is 17.5. The normalized spacial score (nSPS) is 16.2. The number of anilines is 1. The van der Waals surface area contributed by atoms with Gasteiger partial charge in [-0.05, 0) is 116 Å². The van der Waals surface area contributed by atoms with Crippen LogP contribution in [0.5, 0.6) is 5.75 Å². The number of tetrazole rings is 1. The van der Waals surface area contributed by atoms with Crippen LogP contribution in [-0.2, 0) is 16.0 Å². The van der Waals surface area contributed by atoms with E-state index < -0.39 is 6.04 Å². The van der Waals surface area contributed by atoms with Gasteiger partial charge in [-0.1, -0.05) is 12.1 Å². The van der Waals surface area contributed by atoms with Gasteiger partial charge in [-0.2, -0.15) is 5.21 Å². The average molecular weight is 690 g/mol. The number of nitrogens with one attached hydrogen (secondary N) is 4. The summed E-state index contributed by atoms with van der Waals surface area (Å²) in [6, 6.07) is 17.4. The van der Waals surface area contributed by atoms with Gasteiger partial charge in [-0.3, -0.25) is 14.4 Å². The minimum atomic E-state index is -0.849. The molecule has 3 aromatic carbocycles. The van der Waals surface area contributed by atoms with Gasteiger partial charge in [0.05, 0.1) is 7.11 Å². The maximum Gasteiger partial charge on any atom is 0.251 e. The molecule has 0 bridgehead atoms. The molecule has 0 radical (unpaired) electrons. The van der Waals surface area contributed by atoms with E-state index in [1.807, 2.05) is 37.3 Å². The van der Waals surface area contributed by atoms with Crippen LogP contribution >= 0.6 is 12.4 Å². The molecule has 3 amide bonds. The summed E-state index contributed by atoms with van der Waals surface area (Å²) in [6.45, 7) is 3.30. The third-order valence-corrected chi connectivity index (χ3v) is 8.85. The number of nitrogens with zero attached hydrogens (tertiary/aromatic N) is 3. The molecule has 1 fully saturated rings. The molecule has 1 heterocycles. The summed E-state index contributed by atoms with van der Waals surface area (Å²) < 4.78 is 5.70. The summed E-state index contributed by atoms with van der Waals surface area (Å²) in [4.78, 5) is 39.8. The summed E-state index contributed by atoms with van der Waals surface area (Å²) in [5, 5.41) is 22.8. The Labute approximate surface area is 291 Å². The van der Waals surface area contributed by atoms with Crippen molar-refractivity contribution in [3.05, 3.63) is 77.4 Å². The number of ether oxygens (including phenoxy) is 1. The standard InChI is InChI=1S/C35H43N9O4.ClH/c1-21-17-26(33(45)38-16-15-36)10-13-28(21)29-18-23(5-14-31(29)48-2)19-30(40-34(46)25-6-3-22(20-37)4-7-25)35(47)39-27-11-8-24(9-12-27)32-41-43-44-42-32;/h5,8-14,17-18,22,25,30H,3-4,6-7,15-16,19-20,36-37H2,1-2H3,(H,38,45)(H,39,47)(H,40,46)(H,41,42,43,44);1H/t22-,25-,30-;/m0./s1. The highest BCUT2D eigenvalue weighted by atomic mass is 35.5. The van der Waals surface area contributed by atoms with E-state index in [0.717, 1.165) is 53.5 Å². The first kappa shape index (κ1) is 37.0. The molecule has 0 spiro atoms. The Hall–Kier alpha value is -4.85. The van der Waals surface area contributed by atoms with Gasteiger partial charge in [-0.25, -0.2) is 0 Å². The van der Waals surface area contributed by atoms with Crippen LogP contribution in [0.2, 0.25) is 0 Å². The lowest BCUT2D eigenvalue weighted by Crippen LogP contribution is -2.48. The smallest absolute Gasteiger partial charge is 0.251 e. The number of carbonyl (C=O) groups excluding carboxylic acids is 3. The number of aromatic nitrogens is 4. The number of methoxy groups -OCH3 is 1. The fraction of sp³-hybridized carbons (Fsp3) is 0.371. The lowest BCUT2D eigenvalue weighted by atomic mass is 9.81. The number of aromatic amines is 1. The molecule has 13 nitrogen and oxygen atoms in total. The lowest BCUT2D eigenvalue weighted by Gasteiger charge is -2.28. The fourth-order valence-electron chi connectivity index (χ4n) is 6.10. The van der Waals surface area contributed by atoms with E-state index in [9.17, 15) is 14.4 Å². The molecule has 0 saturated heterocycles. The molecule has 5 rings (SSSR count). The van der Waals surface area contributed by atoms with Crippen molar-refractivity contribution < 1.29 is 19.1 Å². The molecule has 8 N–H and O–H groups in total. The number of carbonyl (C=O) groups is 3. The molecule has 1 saturated carbocycles. The van der Waals surface area contributed by atoms with Gasteiger partial charge in [-0.15, -0.1) is 22.6 Å². The average Bonchev–Trinajstić information content (AvgIpc) is 3.66. The highest BCUT2D eigenvalue weighted by Gasteiger charge is 2.30. The number of aryl methyl sites for hydroxylation is 1. The zero-order chi connectivity index (χ0) is 34.0. The molecule has 0 aliphatic heterocycles. The third-order valence-electron chi connectivity index (χ3n) is 8.85. The van der Waals surface area contributed by atoms with Crippen LogP contribution in [0.3, 0.4) is 0 Å². The second-order valence-corrected chi connectivity index (χ2v) is 12.1. The summed E-state index contributed by atoms with van der Waals surface area (Å²) >= 11 is 0. The summed E-state index contributed by atoms with van der Waals surface area (Å²) in [6.07, 6.45) is 3.52. The fourth-order valence-corrected chi connectivity index (χ4v) is 6.10. The molecule has 1 atom stereocenters. The molecule has 1 aliphatic rings. The van der Waals surface area contributed by atoms with Crippen LogP contribution in [0.25, 0.3) is 22.5 Å². The first-order valence-corrected chi connectivity index (χ1v) is 16.2. The van der Waals surface area contributed by atoms with Crippen LogP contribution in [0.1, 0.15) is 47.2 Å². The van der Waals surface area contributed by atoms with Gasteiger partial charge in [0.2, 0.25) is 17.6 Å². The van der Waals surface area contributed by atoms with Crippen molar-refractivity contribution in [3.63, 3.8) is 0 Å². The van der Waals surface area contributed by atoms with Crippen LogP contribution < -0.4 is 32.2 Å². The van der Waals surface area contributed by atoms with E-state index in [1.165, 1.54) is 0 Å². The Morgan fingerprint density at radius 3 is 2.37 bits per heavy atom. The van der Waals surface area contributed by atoms with Crippen molar-refractivity contribution in [1.29, 1.82) is 0 Å². The largest absolute Gasteiger partial charge is 0.496 e. The van der Waals surface area contributed by atoms with E-state index in [-0.39, 0.29) is 42.5 Å². The molecule has 4 aromatic rings. The Kier molecular flexibility index (Phi) is 13.2. The Balaban J connectivity index is 0.00000541. The first-order valence-electron chi connectivity index (χ1n) is 16.2. The van der Waals surface area contributed by atoms with Gasteiger partial charge in [0.25, 0.3) is 5.91 Å². The molecule has 49 heavy (non-hydrogen) atoms. The summed E-state index contributed by atoms with van der Waals surface area (Å²) in [7, 11) is 1.60. The van der Waals surface area contributed by atoms with Crippen molar-refractivity contribution in [2.24, 2.45) is 23.3 Å². The van der Waals surface area contributed by atoms with Gasteiger partial charge in [0.1, 0.15) is 11.8 Å². The molecule has 14 heteroatoms. The van der Waals surface area contributed by atoms with Gasteiger partial charge >= 0.3 is 0 Å². The summed E-state index contributed by atoms with van der Waals surface area (Å²) in [5.41, 5.74) is 16.6. The van der Waals surface area contributed by atoms with Crippen molar-refractivity contribution in [1.82, 2.24) is 31.3 Å². The number of H-pyrrole nitrogens is 1. The zero-order valence-electron chi connectivity index (χ0n) is 27.7. The van der Waals surface area contributed by atoms with E-state index >= 15 is 0 Å². The van der Waals surface area contributed by atoms with Crippen molar-refractivity contribution in [2.45, 2.75) is 45.1 Å². The van der Waals surface area contributed by atoms with Gasteiger partial charge in [0.15, 0.2) is 0 Å². The molecular formula is C35H44ClN9O4. The first-order chi connectivity index (χ1) is 23.3. The topological polar surface area (TPSA) is 203 Å². The summed E-state index contributed by atoms with van der Waals surface area (Å²) in [5.74, 6) is 0.675. The zero-order valence-corrected chi connectivity index (χ0v) is 28.5. The second-order valence-electron chi connectivity index (χ2n) is 12.1. The van der Waals surface area contributed by atoms with E-state index in [2.05, 4.69) is 36.6 Å². The minimum absolute atomic E-state index is 0. The quantitative estimate of drug-likeness (QED) is 0.122. The Morgan fingerprint density at radius 2 is 1.73 bits per heavy atom. The molecule has 1 aliphatic carbocycles. The number of benzene rings is 3. The Bertz CT molecular complexity index is 1710. The Morgan fingerprint density at radius 1 is 0.980 bits per heavy atom. The SMILES string of the molecule is COc1ccc(C[C@H](NC(=O)[C@H]2CC[C@H](CN)CC2)C(=O)Nc2ccc(-c3nn[nH]n3)cc2)cc1-c1ccc(C(=O)NCCN)cc1C.Cl. The van der Waals surface area contributed by atoms with Crippen LogP contribution in [0.15, 0.2) is 60.7 Å². The van der Waals surface area contributed by atoms with Gasteiger partial charge in [0, 0.05) is 47.8 Å².